The van der Waals surface area contributed by atoms with Crippen LogP contribution in [0.3, 0.4) is 0 Å². The van der Waals surface area contributed by atoms with Gasteiger partial charge in [0.2, 0.25) is 0 Å². The second kappa shape index (κ2) is 10.7. The maximum Gasteiger partial charge on any atom is 0.193 e. The SMILES string of the molecule is CCc1cnc(CCNC(=NC)N2CCC(CN3CCCC3)C2)s1.I. The summed E-state index contributed by atoms with van der Waals surface area (Å²) in [6.07, 6.45) is 8.14. The van der Waals surface area contributed by atoms with Gasteiger partial charge in [0.1, 0.15) is 0 Å². The Balaban J connectivity index is 0.00000225. The van der Waals surface area contributed by atoms with Crippen LogP contribution in [0.4, 0.5) is 0 Å². The molecule has 1 atom stereocenters. The van der Waals surface area contributed by atoms with E-state index in [1.165, 1.54) is 48.8 Å². The van der Waals surface area contributed by atoms with Gasteiger partial charge in [-0.3, -0.25) is 4.99 Å². The molecule has 5 nitrogen and oxygen atoms in total. The zero-order chi connectivity index (χ0) is 16.8. The number of nitrogens with one attached hydrogen (secondary N) is 1. The molecule has 0 amide bonds. The van der Waals surface area contributed by atoms with Crippen LogP contribution in [0.15, 0.2) is 11.2 Å². The maximum absolute atomic E-state index is 4.50. The van der Waals surface area contributed by atoms with Gasteiger partial charge in [0, 0.05) is 50.7 Å². The molecule has 1 unspecified atom stereocenters. The monoisotopic (exact) mass is 477 g/mol. The van der Waals surface area contributed by atoms with E-state index in [9.17, 15) is 0 Å². The lowest BCUT2D eigenvalue weighted by atomic mass is 10.1. The summed E-state index contributed by atoms with van der Waals surface area (Å²) in [5.74, 6) is 1.86. The van der Waals surface area contributed by atoms with E-state index in [-0.39, 0.29) is 24.0 Å². The van der Waals surface area contributed by atoms with Crippen molar-refractivity contribution in [2.24, 2.45) is 10.9 Å². The first-order chi connectivity index (χ1) is 11.8. The number of nitrogens with zero attached hydrogens (tertiary/aromatic N) is 4. The fraction of sp³-hybridized carbons (Fsp3) is 0.778. The minimum absolute atomic E-state index is 0. The predicted octanol–water partition coefficient (Wildman–Crippen LogP) is 2.86. The van der Waals surface area contributed by atoms with Crippen LogP contribution in [0.5, 0.6) is 0 Å². The van der Waals surface area contributed by atoms with Crippen molar-refractivity contribution in [3.8, 4) is 0 Å². The molecule has 2 saturated heterocycles. The Hall–Kier alpha value is -0.410. The van der Waals surface area contributed by atoms with Crippen LogP contribution in [0.25, 0.3) is 0 Å². The summed E-state index contributed by atoms with van der Waals surface area (Å²) in [7, 11) is 1.90. The number of hydrogen-bond acceptors (Lipinski definition) is 4. The number of halogens is 1. The molecule has 0 spiro atoms. The van der Waals surface area contributed by atoms with E-state index in [1.807, 2.05) is 24.6 Å². The lowest BCUT2D eigenvalue weighted by molar-refractivity contribution is 0.281. The van der Waals surface area contributed by atoms with Crippen molar-refractivity contribution in [2.45, 2.75) is 39.0 Å². The Bertz CT molecular complexity index is 541. The van der Waals surface area contributed by atoms with Gasteiger partial charge in [-0.2, -0.15) is 0 Å². The van der Waals surface area contributed by atoms with Crippen molar-refractivity contribution >= 4 is 41.3 Å². The van der Waals surface area contributed by atoms with Crippen LogP contribution in [0, 0.1) is 5.92 Å². The Morgan fingerprint density at radius 2 is 2.16 bits per heavy atom. The molecule has 0 aliphatic carbocycles. The summed E-state index contributed by atoms with van der Waals surface area (Å²) < 4.78 is 0. The highest BCUT2D eigenvalue weighted by Gasteiger charge is 2.27. The van der Waals surface area contributed by atoms with Crippen molar-refractivity contribution in [2.75, 3.05) is 46.3 Å². The third-order valence-electron chi connectivity index (χ3n) is 5.08. The van der Waals surface area contributed by atoms with E-state index in [2.05, 4.69) is 32.0 Å². The Kier molecular flexibility index (Phi) is 8.92. The van der Waals surface area contributed by atoms with E-state index < -0.39 is 0 Å². The lowest BCUT2D eigenvalue weighted by Gasteiger charge is -2.23. The molecule has 1 aromatic heterocycles. The molecule has 1 N–H and O–H groups in total. The van der Waals surface area contributed by atoms with Crippen molar-refractivity contribution in [1.82, 2.24) is 20.1 Å². The first-order valence-electron chi connectivity index (χ1n) is 9.40. The van der Waals surface area contributed by atoms with E-state index in [1.54, 1.807) is 0 Å². The van der Waals surface area contributed by atoms with Gasteiger partial charge in [-0.05, 0) is 44.7 Å². The van der Waals surface area contributed by atoms with Crippen LogP contribution in [0.2, 0.25) is 0 Å². The molecule has 0 saturated carbocycles. The molecule has 3 rings (SSSR count). The number of rotatable bonds is 6. The molecular weight excluding hydrogens is 445 g/mol. The van der Waals surface area contributed by atoms with Gasteiger partial charge >= 0.3 is 0 Å². The predicted molar refractivity (Wildman–Crippen MR) is 117 cm³/mol. The van der Waals surface area contributed by atoms with Gasteiger partial charge in [0.25, 0.3) is 0 Å². The van der Waals surface area contributed by atoms with Crippen LogP contribution in [0.1, 0.15) is 36.1 Å². The van der Waals surface area contributed by atoms with Crippen LogP contribution >= 0.6 is 35.3 Å². The quantitative estimate of drug-likeness (QED) is 0.389. The van der Waals surface area contributed by atoms with Gasteiger partial charge in [-0.1, -0.05) is 6.92 Å². The van der Waals surface area contributed by atoms with Crippen molar-refractivity contribution in [1.29, 1.82) is 0 Å². The Morgan fingerprint density at radius 1 is 1.36 bits per heavy atom. The molecule has 0 aromatic carbocycles. The van der Waals surface area contributed by atoms with E-state index >= 15 is 0 Å². The van der Waals surface area contributed by atoms with Crippen molar-refractivity contribution in [3.05, 3.63) is 16.1 Å². The average molecular weight is 477 g/mol. The number of aliphatic imine (C=N–C) groups is 1. The first-order valence-corrected chi connectivity index (χ1v) is 10.2. The molecule has 7 heteroatoms. The molecule has 0 bridgehead atoms. The summed E-state index contributed by atoms with van der Waals surface area (Å²) in [6, 6.07) is 0. The zero-order valence-electron chi connectivity index (χ0n) is 15.5. The summed E-state index contributed by atoms with van der Waals surface area (Å²) >= 11 is 1.83. The molecule has 0 radical (unpaired) electrons. The van der Waals surface area contributed by atoms with Gasteiger partial charge in [0.05, 0.1) is 5.01 Å². The third-order valence-corrected chi connectivity index (χ3v) is 6.29. The normalized spacial score (nSPS) is 21.6. The molecule has 2 fully saturated rings. The van der Waals surface area contributed by atoms with Crippen LogP contribution in [-0.2, 0) is 12.8 Å². The number of aromatic nitrogens is 1. The molecule has 3 heterocycles. The van der Waals surface area contributed by atoms with Crippen molar-refractivity contribution < 1.29 is 0 Å². The first kappa shape index (κ1) is 20.9. The van der Waals surface area contributed by atoms with E-state index in [0.717, 1.165) is 44.4 Å². The number of likely N-dealkylation sites (tertiary alicyclic amines) is 2. The second-order valence-electron chi connectivity index (χ2n) is 6.91. The molecule has 2 aliphatic heterocycles. The number of aryl methyl sites for hydroxylation is 1. The van der Waals surface area contributed by atoms with Gasteiger partial charge in [-0.25, -0.2) is 4.98 Å². The zero-order valence-corrected chi connectivity index (χ0v) is 18.7. The number of guanidine groups is 1. The van der Waals surface area contributed by atoms with E-state index in [0.29, 0.717) is 0 Å². The van der Waals surface area contributed by atoms with Gasteiger partial charge in [0.15, 0.2) is 5.96 Å². The largest absolute Gasteiger partial charge is 0.356 e. The minimum atomic E-state index is 0. The highest BCUT2D eigenvalue weighted by atomic mass is 127. The summed E-state index contributed by atoms with van der Waals surface area (Å²) in [6.45, 7) is 9.25. The standard InChI is InChI=1S/C18H31N5S.HI/c1-3-16-12-21-17(24-16)6-8-20-18(19-2)23-11-7-15(14-23)13-22-9-4-5-10-22;/h12,15H,3-11,13-14H2,1-2H3,(H,19,20);1H. The average Bonchev–Trinajstić information content (AvgIpc) is 3.34. The number of thiazole rings is 1. The molecule has 142 valence electrons. The minimum Gasteiger partial charge on any atom is -0.356 e. The molecule has 2 aliphatic rings. The lowest BCUT2D eigenvalue weighted by Crippen LogP contribution is -2.41. The van der Waals surface area contributed by atoms with Crippen molar-refractivity contribution in [3.63, 3.8) is 0 Å². The van der Waals surface area contributed by atoms with Crippen LogP contribution in [-0.4, -0.2) is 67.1 Å². The molecule has 25 heavy (non-hydrogen) atoms. The molecule has 1 aromatic rings. The fourth-order valence-electron chi connectivity index (χ4n) is 3.74. The maximum atomic E-state index is 4.50. The van der Waals surface area contributed by atoms with Gasteiger partial charge in [-0.15, -0.1) is 35.3 Å². The second-order valence-corrected chi connectivity index (χ2v) is 8.11. The molecular formula is C18H32IN5S. The summed E-state index contributed by atoms with van der Waals surface area (Å²) in [5.41, 5.74) is 0. The highest BCUT2D eigenvalue weighted by Crippen LogP contribution is 2.20. The third kappa shape index (κ3) is 6.06. The van der Waals surface area contributed by atoms with E-state index in [4.69, 9.17) is 0 Å². The Labute approximate surface area is 173 Å². The van der Waals surface area contributed by atoms with Gasteiger partial charge < -0.3 is 15.1 Å². The van der Waals surface area contributed by atoms with Crippen LogP contribution < -0.4 is 5.32 Å². The summed E-state index contributed by atoms with van der Waals surface area (Å²) in [5, 5.41) is 4.76. The highest BCUT2D eigenvalue weighted by molar-refractivity contribution is 14.0. The topological polar surface area (TPSA) is 43.8 Å². The number of hydrogen-bond donors (Lipinski definition) is 1. The summed E-state index contributed by atoms with van der Waals surface area (Å²) in [4.78, 5) is 15.4. The fourth-order valence-corrected chi connectivity index (χ4v) is 4.61. The smallest absolute Gasteiger partial charge is 0.193 e. The Morgan fingerprint density at radius 3 is 2.84 bits per heavy atom.